The van der Waals surface area contributed by atoms with Crippen molar-refractivity contribution in [2.24, 2.45) is 7.05 Å². The van der Waals surface area contributed by atoms with Gasteiger partial charge in [0, 0.05) is 32.4 Å². The highest BCUT2D eigenvalue weighted by atomic mass is 35.5. The van der Waals surface area contributed by atoms with Crippen molar-refractivity contribution in [1.29, 1.82) is 0 Å². The van der Waals surface area contributed by atoms with Crippen LogP contribution in [-0.2, 0) is 19.5 Å². The van der Waals surface area contributed by atoms with Crippen molar-refractivity contribution in [3.05, 3.63) is 36.0 Å². The molecule has 0 bridgehead atoms. The van der Waals surface area contributed by atoms with E-state index in [-0.39, 0.29) is 0 Å². The molecule has 6 heteroatoms. The fraction of sp³-hybridized carbons (Fsp3) is 0.364. The van der Waals surface area contributed by atoms with E-state index < -0.39 is 0 Å². The quantitative estimate of drug-likeness (QED) is 0.775. The molecule has 2 aromatic rings. The lowest BCUT2D eigenvalue weighted by Gasteiger charge is -2.16. The first kappa shape index (κ1) is 11.9. The van der Waals surface area contributed by atoms with Crippen LogP contribution in [0.15, 0.2) is 24.8 Å². The van der Waals surface area contributed by atoms with Crippen LogP contribution in [0.2, 0.25) is 0 Å². The largest absolute Gasteiger partial charge is 0.354 e. The van der Waals surface area contributed by atoms with Crippen molar-refractivity contribution < 1.29 is 0 Å². The Kier molecular flexibility index (Phi) is 3.58. The minimum atomic E-state index is 0.388. The second-order valence-corrected chi connectivity index (χ2v) is 4.15. The Balaban J connectivity index is 2.06. The lowest BCUT2D eigenvalue weighted by Crippen LogP contribution is -2.17. The van der Waals surface area contributed by atoms with E-state index >= 15 is 0 Å². The maximum Gasteiger partial charge on any atom is 0.147 e. The number of aromatic nitrogens is 4. The highest BCUT2D eigenvalue weighted by Crippen LogP contribution is 2.11. The Labute approximate surface area is 105 Å². The first-order valence-corrected chi connectivity index (χ1v) is 5.78. The van der Waals surface area contributed by atoms with E-state index in [1.165, 1.54) is 0 Å². The summed E-state index contributed by atoms with van der Waals surface area (Å²) < 4.78 is 1.78. The van der Waals surface area contributed by atoms with E-state index in [0.717, 1.165) is 23.6 Å². The van der Waals surface area contributed by atoms with Gasteiger partial charge in [-0.05, 0) is 0 Å². The number of alkyl halides is 1. The summed E-state index contributed by atoms with van der Waals surface area (Å²) >= 11 is 5.66. The maximum atomic E-state index is 5.66. The molecule has 0 fully saturated rings. The molecule has 2 rings (SSSR count). The molecule has 5 nitrogen and oxygen atoms in total. The van der Waals surface area contributed by atoms with Gasteiger partial charge in [0.1, 0.15) is 5.82 Å². The first-order valence-electron chi connectivity index (χ1n) is 5.24. The van der Waals surface area contributed by atoms with Crippen molar-refractivity contribution in [2.45, 2.75) is 12.4 Å². The minimum absolute atomic E-state index is 0.388. The average Bonchev–Trinajstić information content (AvgIpc) is 2.75. The fourth-order valence-corrected chi connectivity index (χ4v) is 1.66. The molecular formula is C11H14ClN5. The summed E-state index contributed by atoms with van der Waals surface area (Å²) in [6, 6.07) is 0. The second kappa shape index (κ2) is 5.14. The summed E-state index contributed by atoms with van der Waals surface area (Å²) in [5.74, 6) is 1.21. The van der Waals surface area contributed by atoms with Crippen molar-refractivity contribution in [3.63, 3.8) is 0 Å². The standard InChI is InChI=1S/C11H14ClN5/c1-16(7-9-4-15-17(2)8-9)11-6-13-10(3-12)5-14-11/h4-6,8H,3,7H2,1-2H3. The molecule has 0 unspecified atom stereocenters. The number of hydrogen-bond donors (Lipinski definition) is 0. The highest BCUT2D eigenvalue weighted by Gasteiger charge is 2.05. The Morgan fingerprint density at radius 3 is 2.65 bits per heavy atom. The summed E-state index contributed by atoms with van der Waals surface area (Å²) in [7, 11) is 3.87. The lowest BCUT2D eigenvalue weighted by molar-refractivity contribution is 0.766. The van der Waals surface area contributed by atoms with Crippen molar-refractivity contribution >= 4 is 17.4 Å². The van der Waals surface area contributed by atoms with Gasteiger partial charge in [-0.1, -0.05) is 0 Å². The molecule has 2 heterocycles. The third kappa shape index (κ3) is 2.94. The molecule has 0 saturated heterocycles. The topological polar surface area (TPSA) is 46.8 Å². The number of aryl methyl sites for hydroxylation is 1. The molecule has 0 radical (unpaired) electrons. The third-order valence-corrected chi connectivity index (χ3v) is 2.67. The van der Waals surface area contributed by atoms with Crippen LogP contribution in [0.5, 0.6) is 0 Å². The average molecular weight is 252 g/mol. The van der Waals surface area contributed by atoms with Crippen LogP contribution in [-0.4, -0.2) is 26.8 Å². The minimum Gasteiger partial charge on any atom is -0.354 e. The zero-order chi connectivity index (χ0) is 12.3. The van der Waals surface area contributed by atoms with Crippen LogP contribution < -0.4 is 4.90 Å². The van der Waals surface area contributed by atoms with Crippen LogP contribution in [0.4, 0.5) is 5.82 Å². The van der Waals surface area contributed by atoms with Crippen LogP contribution >= 0.6 is 11.6 Å². The summed E-state index contributed by atoms with van der Waals surface area (Å²) in [5.41, 5.74) is 1.92. The van der Waals surface area contributed by atoms with Gasteiger partial charge in [-0.3, -0.25) is 9.67 Å². The van der Waals surface area contributed by atoms with E-state index in [1.54, 1.807) is 17.1 Å². The molecule has 0 atom stereocenters. The van der Waals surface area contributed by atoms with Crippen molar-refractivity contribution in [2.75, 3.05) is 11.9 Å². The summed E-state index contributed by atoms with van der Waals surface area (Å²) in [6.45, 7) is 0.753. The molecule has 0 saturated carbocycles. The maximum absolute atomic E-state index is 5.66. The summed E-state index contributed by atoms with van der Waals surface area (Å²) in [6.07, 6.45) is 7.25. The van der Waals surface area contributed by atoms with Gasteiger partial charge in [-0.15, -0.1) is 11.6 Å². The fourth-order valence-electron chi connectivity index (χ4n) is 1.52. The molecule has 0 aromatic carbocycles. The van der Waals surface area contributed by atoms with Gasteiger partial charge in [0.25, 0.3) is 0 Å². The van der Waals surface area contributed by atoms with Gasteiger partial charge in [0.15, 0.2) is 0 Å². The van der Waals surface area contributed by atoms with Gasteiger partial charge in [-0.25, -0.2) is 4.98 Å². The van der Waals surface area contributed by atoms with Crippen molar-refractivity contribution in [1.82, 2.24) is 19.7 Å². The molecule has 0 amide bonds. The monoisotopic (exact) mass is 251 g/mol. The predicted octanol–water partition coefficient (Wildman–Crippen LogP) is 1.59. The number of anilines is 1. The second-order valence-electron chi connectivity index (χ2n) is 3.88. The van der Waals surface area contributed by atoms with Crippen LogP contribution in [0, 0.1) is 0 Å². The van der Waals surface area contributed by atoms with Gasteiger partial charge >= 0.3 is 0 Å². The molecule has 0 aliphatic rings. The van der Waals surface area contributed by atoms with E-state index in [1.807, 2.05) is 31.4 Å². The predicted molar refractivity (Wildman–Crippen MR) is 66.9 cm³/mol. The highest BCUT2D eigenvalue weighted by molar-refractivity contribution is 6.16. The lowest BCUT2D eigenvalue weighted by atomic mass is 10.3. The van der Waals surface area contributed by atoms with Gasteiger partial charge in [0.05, 0.1) is 30.2 Å². The van der Waals surface area contributed by atoms with E-state index in [0.29, 0.717) is 5.88 Å². The van der Waals surface area contributed by atoms with Gasteiger partial charge < -0.3 is 4.90 Å². The summed E-state index contributed by atoms with van der Waals surface area (Å²) in [5, 5.41) is 4.13. The van der Waals surface area contributed by atoms with Crippen LogP contribution in [0.3, 0.4) is 0 Å². The molecule has 0 aliphatic heterocycles. The van der Waals surface area contributed by atoms with Crippen LogP contribution in [0.1, 0.15) is 11.3 Å². The first-order chi connectivity index (χ1) is 8.19. The Hall–Kier alpha value is -1.62. The smallest absolute Gasteiger partial charge is 0.147 e. The van der Waals surface area contributed by atoms with E-state index in [2.05, 4.69) is 15.1 Å². The number of hydrogen-bond acceptors (Lipinski definition) is 4. The zero-order valence-corrected chi connectivity index (χ0v) is 10.6. The Morgan fingerprint density at radius 2 is 2.12 bits per heavy atom. The molecule has 17 heavy (non-hydrogen) atoms. The molecule has 0 spiro atoms. The van der Waals surface area contributed by atoms with E-state index in [9.17, 15) is 0 Å². The number of rotatable bonds is 4. The van der Waals surface area contributed by atoms with Crippen molar-refractivity contribution in [3.8, 4) is 0 Å². The van der Waals surface area contributed by atoms with E-state index in [4.69, 9.17) is 11.6 Å². The Bertz CT molecular complexity index is 479. The Morgan fingerprint density at radius 1 is 1.29 bits per heavy atom. The molecule has 0 aliphatic carbocycles. The number of halogens is 1. The molecule has 0 N–H and O–H groups in total. The number of nitrogens with zero attached hydrogens (tertiary/aromatic N) is 5. The third-order valence-electron chi connectivity index (χ3n) is 2.40. The normalized spacial score (nSPS) is 10.5. The molecular weight excluding hydrogens is 238 g/mol. The SMILES string of the molecule is CN(Cc1cnn(C)c1)c1cnc(CCl)cn1. The van der Waals surface area contributed by atoms with Gasteiger partial charge in [0.2, 0.25) is 0 Å². The van der Waals surface area contributed by atoms with Crippen LogP contribution in [0.25, 0.3) is 0 Å². The molecule has 90 valence electrons. The van der Waals surface area contributed by atoms with Gasteiger partial charge in [-0.2, -0.15) is 5.10 Å². The summed E-state index contributed by atoms with van der Waals surface area (Å²) in [4.78, 5) is 10.5. The zero-order valence-electron chi connectivity index (χ0n) is 9.84. The molecule has 2 aromatic heterocycles.